The minimum atomic E-state index is -3.92. The summed E-state index contributed by atoms with van der Waals surface area (Å²) < 4.78 is 29.7. The number of hydrogen-bond acceptors (Lipinski definition) is 7. The van der Waals surface area contributed by atoms with Crippen LogP contribution in [0, 0.1) is 0 Å². The van der Waals surface area contributed by atoms with Crippen LogP contribution in [0.15, 0.2) is 51.2 Å². The highest BCUT2D eigenvalue weighted by atomic mass is 35.5. The Labute approximate surface area is 194 Å². The maximum Gasteiger partial charge on any atom is 0.286 e. The average Bonchev–Trinajstić information content (AvgIpc) is 3.11. The third-order valence-corrected chi connectivity index (χ3v) is 7.74. The topological polar surface area (TPSA) is 105 Å². The second-order valence-corrected chi connectivity index (χ2v) is 10.3. The van der Waals surface area contributed by atoms with Crippen molar-refractivity contribution in [2.75, 3.05) is 16.8 Å². The number of amides is 1. The highest BCUT2D eigenvalue weighted by molar-refractivity contribution is 7.90. The lowest BCUT2D eigenvalue weighted by atomic mass is 10.1. The van der Waals surface area contributed by atoms with Crippen LogP contribution in [0.25, 0.3) is 11.4 Å². The van der Waals surface area contributed by atoms with E-state index in [0.29, 0.717) is 41.0 Å². The summed E-state index contributed by atoms with van der Waals surface area (Å²) in [6, 6.07) is 8.34. The van der Waals surface area contributed by atoms with Gasteiger partial charge in [0.15, 0.2) is 5.13 Å². The van der Waals surface area contributed by atoms with Crippen LogP contribution in [0.3, 0.4) is 0 Å². The van der Waals surface area contributed by atoms with Gasteiger partial charge in [-0.25, -0.2) is 4.98 Å². The Bertz CT molecular complexity index is 1340. The summed E-state index contributed by atoms with van der Waals surface area (Å²) in [5.74, 6) is -0.00586. The normalized spacial score (nSPS) is 17.0. The Kier molecular flexibility index (Phi) is 5.44. The van der Waals surface area contributed by atoms with E-state index in [1.54, 1.807) is 17.6 Å². The number of benzene rings is 1. The molecule has 4 heterocycles. The lowest BCUT2D eigenvalue weighted by Crippen LogP contribution is -2.35. The van der Waals surface area contributed by atoms with Crippen LogP contribution in [0.2, 0.25) is 5.02 Å². The van der Waals surface area contributed by atoms with Crippen LogP contribution >= 0.6 is 22.9 Å². The van der Waals surface area contributed by atoms with Crippen LogP contribution < -0.4 is 10.2 Å². The Hall–Kier alpha value is -2.82. The zero-order chi connectivity index (χ0) is 22.3. The monoisotopic (exact) mass is 487 g/mol. The van der Waals surface area contributed by atoms with E-state index in [-0.39, 0.29) is 15.5 Å². The largest absolute Gasteiger partial charge is 0.328 e. The minimum Gasteiger partial charge on any atom is -0.328 e. The molecule has 3 aromatic rings. The fourth-order valence-corrected chi connectivity index (χ4v) is 6.01. The molecule has 8 nitrogen and oxygen atoms in total. The highest BCUT2D eigenvalue weighted by Crippen LogP contribution is 2.38. The molecule has 0 spiro atoms. The molecule has 0 saturated carbocycles. The third kappa shape index (κ3) is 3.89. The van der Waals surface area contributed by atoms with Crippen LogP contribution in [0.4, 0.5) is 10.8 Å². The zero-order valence-corrected chi connectivity index (χ0v) is 19.2. The van der Waals surface area contributed by atoms with E-state index in [2.05, 4.69) is 19.7 Å². The number of nitrogens with zero attached hydrogens (tertiary/aromatic N) is 4. The number of carbonyl (C=O) groups is 1. The number of aromatic nitrogens is 2. The van der Waals surface area contributed by atoms with E-state index in [4.69, 9.17) is 11.6 Å². The first kappa shape index (κ1) is 21.0. The van der Waals surface area contributed by atoms with Gasteiger partial charge in [-0.15, -0.1) is 15.7 Å². The first-order valence-electron chi connectivity index (χ1n) is 10.1. The zero-order valence-electron chi connectivity index (χ0n) is 16.8. The summed E-state index contributed by atoms with van der Waals surface area (Å²) in [6.07, 6.45) is 5.09. The molecule has 1 amide bonds. The first-order chi connectivity index (χ1) is 15.4. The van der Waals surface area contributed by atoms with Gasteiger partial charge < -0.3 is 4.90 Å². The van der Waals surface area contributed by atoms with Crippen molar-refractivity contribution in [3.05, 3.63) is 52.5 Å². The Balaban J connectivity index is 1.46. The molecule has 164 valence electrons. The van der Waals surface area contributed by atoms with Gasteiger partial charge in [-0.05, 0) is 37.1 Å². The Morgan fingerprint density at radius 2 is 2.03 bits per heavy atom. The summed E-state index contributed by atoms with van der Waals surface area (Å²) >= 11 is 7.68. The van der Waals surface area contributed by atoms with Crippen molar-refractivity contribution < 1.29 is 13.2 Å². The lowest BCUT2D eigenvalue weighted by Gasteiger charge is -2.30. The molecule has 1 saturated heterocycles. The van der Waals surface area contributed by atoms with Crippen molar-refractivity contribution in [1.29, 1.82) is 0 Å². The third-order valence-electron chi connectivity index (χ3n) is 5.33. The smallest absolute Gasteiger partial charge is 0.286 e. The highest BCUT2D eigenvalue weighted by Gasteiger charge is 2.33. The van der Waals surface area contributed by atoms with Crippen molar-refractivity contribution in [2.45, 2.75) is 30.6 Å². The molecule has 5 rings (SSSR count). The molecule has 1 fully saturated rings. The molecule has 0 aliphatic carbocycles. The summed E-state index contributed by atoms with van der Waals surface area (Å²) in [4.78, 5) is 23.5. The van der Waals surface area contributed by atoms with Crippen LogP contribution in [-0.2, 0) is 10.0 Å². The van der Waals surface area contributed by atoms with Gasteiger partial charge in [0.2, 0.25) is 0 Å². The van der Waals surface area contributed by atoms with Crippen molar-refractivity contribution in [2.24, 2.45) is 4.40 Å². The van der Waals surface area contributed by atoms with E-state index >= 15 is 0 Å². The number of carbonyl (C=O) groups excluding carboxylic acids is 1. The van der Waals surface area contributed by atoms with E-state index in [9.17, 15) is 13.2 Å². The van der Waals surface area contributed by atoms with Crippen LogP contribution in [0.1, 0.15) is 36.0 Å². The van der Waals surface area contributed by atoms with Crippen molar-refractivity contribution >= 4 is 55.5 Å². The van der Waals surface area contributed by atoms with E-state index in [1.807, 2.05) is 23.1 Å². The first-order valence-corrected chi connectivity index (χ1v) is 12.8. The van der Waals surface area contributed by atoms with Gasteiger partial charge in [0.25, 0.3) is 15.9 Å². The molecular formula is C21H18ClN5O3S2. The molecule has 2 aliphatic heterocycles. The fraction of sp³-hybridized carbons (Fsp3) is 0.238. The van der Waals surface area contributed by atoms with Crippen LogP contribution in [-0.4, -0.2) is 36.7 Å². The standard InChI is InChI=1S/C21H18ClN5O3S2/c22-14-11-17-18(32(29,30)26-19-7-2-1-5-9-27(17)19)10-13(14)20(28)25-21-24-16(12-31-21)15-6-3-4-8-23-15/h3-4,6,8,10-12H,1-2,5,7,9H2,(H,24,25,28). The van der Waals surface area contributed by atoms with Gasteiger partial charge in [-0.1, -0.05) is 24.1 Å². The number of rotatable bonds is 3. The fourth-order valence-electron chi connectivity index (χ4n) is 3.80. The SMILES string of the molecule is O=C(Nc1nc(-c2ccccn2)cs1)c1cc2c(cc1Cl)N1CCCCCC1=NS2(=O)=O. The molecule has 0 atom stereocenters. The van der Waals surface area contributed by atoms with Crippen molar-refractivity contribution in [3.63, 3.8) is 0 Å². The van der Waals surface area contributed by atoms with Gasteiger partial charge >= 0.3 is 0 Å². The maximum atomic E-state index is 12.9. The van der Waals surface area contributed by atoms with Gasteiger partial charge in [0, 0.05) is 24.5 Å². The number of fused-ring (bicyclic) bond motifs is 3. The van der Waals surface area contributed by atoms with Crippen LogP contribution in [0.5, 0.6) is 0 Å². The number of halogens is 1. The predicted molar refractivity (Wildman–Crippen MR) is 125 cm³/mol. The Morgan fingerprint density at radius 3 is 2.84 bits per heavy atom. The summed E-state index contributed by atoms with van der Waals surface area (Å²) in [5.41, 5.74) is 1.85. The molecule has 0 bridgehead atoms. The van der Waals surface area contributed by atoms with E-state index in [0.717, 1.165) is 19.3 Å². The molecule has 2 aromatic heterocycles. The van der Waals surface area contributed by atoms with E-state index < -0.39 is 15.9 Å². The maximum absolute atomic E-state index is 12.9. The van der Waals surface area contributed by atoms with Gasteiger partial charge in [-0.3, -0.25) is 15.1 Å². The molecule has 1 aromatic carbocycles. The number of hydrogen-bond donors (Lipinski definition) is 1. The Morgan fingerprint density at radius 1 is 1.16 bits per heavy atom. The number of amidine groups is 1. The van der Waals surface area contributed by atoms with E-state index in [1.165, 1.54) is 17.4 Å². The number of anilines is 2. The quantitative estimate of drug-likeness (QED) is 0.579. The molecule has 0 radical (unpaired) electrons. The molecule has 0 unspecified atom stereocenters. The van der Waals surface area contributed by atoms with Gasteiger partial charge in [0.05, 0.1) is 22.0 Å². The molecule has 11 heteroatoms. The number of thiazole rings is 1. The predicted octanol–water partition coefficient (Wildman–Crippen LogP) is 4.59. The number of nitrogens with one attached hydrogen (secondary N) is 1. The summed E-state index contributed by atoms with van der Waals surface area (Å²) in [7, 11) is -3.92. The van der Waals surface area contributed by atoms with Gasteiger partial charge in [0.1, 0.15) is 16.4 Å². The number of sulfonamides is 1. The minimum absolute atomic E-state index is 0.00832. The lowest BCUT2D eigenvalue weighted by molar-refractivity contribution is 0.102. The molecule has 32 heavy (non-hydrogen) atoms. The van der Waals surface area contributed by atoms with Crippen molar-refractivity contribution in [1.82, 2.24) is 9.97 Å². The molecular weight excluding hydrogens is 470 g/mol. The number of pyridine rings is 1. The second kappa shape index (κ2) is 8.27. The molecule has 2 aliphatic rings. The van der Waals surface area contributed by atoms with Crippen molar-refractivity contribution in [3.8, 4) is 11.4 Å². The summed E-state index contributed by atoms with van der Waals surface area (Å²) in [5, 5.41) is 5.02. The molecule has 1 N–H and O–H groups in total. The second-order valence-electron chi connectivity index (χ2n) is 7.45. The van der Waals surface area contributed by atoms with Gasteiger partial charge in [-0.2, -0.15) is 8.42 Å². The average molecular weight is 488 g/mol. The summed E-state index contributed by atoms with van der Waals surface area (Å²) in [6.45, 7) is 0.665.